The first-order valence-electron chi connectivity index (χ1n) is 23.6. The van der Waals surface area contributed by atoms with Crippen molar-refractivity contribution in [2.45, 2.75) is 161 Å². The summed E-state index contributed by atoms with van der Waals surface area (Å²) in [5, 5.41) is 0. The Kier molecular flexibility index (Phi) is 40.6. The molecule has 0 aromatic heterocycles. The van der Waals surface area contributed by atoms with Gasteiger partial charge in [0.1, 0.15) is 19.8 Å². The van der Waals surface area contributed by atoms with Crippen LogP contribution in [-0.2, 0) is 32.7 Å². The number of rotatable bonds is 41. The van der Waals surface area contributed by atoms with Crippen LogP contribution < -0.4 is 4.89 Å². The van der Waals surface area contributed by atoms with Crippen molar-refractivity contribution in [3.63, 3.8) is 0 Å². The van der Waals surface area contributed by atoms with E-state index in [1.165, 1.54) is 51.4 Å². The van der Waals surface area contributed by atoms with Gasteiger partial charge in [0.15, 0.2) is 6.10 Å². The molecule has 62 heavy (non-hydrogen) atoms. The second-order valence-electron chi connectivity index (χ2n) is 16.4. The number of carbonyl (C=O) groups excluding carboxylic acids is 2. The van der Waals surface area contributed by atoms with Crippen molar-refractivity contribution in [2.75, 3.05) is 47.5 Å². The van der Waals surface area contributed by atoms with Gasteiger partial charge in [0.05, 0.1) is 27.7 Å². The van der Waals surface area contributed by atoms with E-state index < -0.39 is 32.5 Å². The van der Waals surface area contributed by atoms with Gasteiger partial charge in [-0.15, -0.1) is 0 Å². The molecule has 0 aliphatic rings. The van der Waals surface area contributed by atoms with Gasteiger partial charge < -0.3 is 27.9 Å². The van der Waals surface area contributed by atoms with E-state index in [0.717, 1.165) is 57.8 Å². The summed E-state index contributed by atoms with van der Waals surface area (Å²) in [6.45, 7) is 3.96. The fourth-order valence-electron chi connectivity index (χ4n) is 5.62. The summed E-state index contributed by atoms with van der Waals surface area (Å²) in [4.78, 5) is 37.6. The number of hydrogen-bond donors (Lipinski definition) is 0. The predicted octanol–water partition coefficient (Wildman–Crippen LogP) is 13.3. The van der Waals surface area contributed by atoms with Gasteiger partial charge in [-0.1, -0.05) is 162 Å². The number of hydrogen-bond acceptors (Lipinski definition) is 8. The third-order valence-electron chi connectivity index (χ3n) is 9.28. The molecule has 0 saturated carbocycles. The van der Waals surface area contributed by atoms with Crippen LogP contribution >= 0.6 is 7.82 Å². The third kappa shape index (κ3) is 46.2. The number of esters is 2. The molecule has 0 aromatic carbocycles. The molecule has 0 radical (unpaired) electrons. The number of likely N-dealkylation sites (N-methyl/N-ethyl adjacent to an activating group) is 1. The Labute approximate surface area is 378 Å². The molecule has 0 heterocycles. The lowest BCUT2D eigenvalue weighted by atomic mass is 10.1. The molecule has 352 valence electrons. The molecule has 10 heteroatoms. The summed E-state index contributed by atoms with van der Waals surface area (Å²) in [6.07, 6.45) is 58.5. The van der Waals surface area contributed by atoms with E-state index in [2.05, 4.69) is 111 Å². The Morgan fingerprint density at radius 3 is 1.37 bits per heavy atom. The van der Waals surface area contributed by atoms with Gasteiger partial charge in [-0.05, 0) is 89.9 Å². The van der Waals surface area contributed by atoms with Crippen LogP contribution in [0.4, 0.5) is 0 Å². The lowest BCUT2D eigenvalue weighted by molar-refractivity contribution is -0.870. The molecule has 0 aliphatic heterocycles. The van der Waals surface area contributed by atoms with E-state index in [9.17, 15) is 19.0 Å². The lowest BCUT2D eigenvalue weighted by Gasteiger charge is -2.28. The fourth-order valence-corrected chi connectivity index (χ4v) is 6.35. The van der Waals surface area contributed by atoms with Gasteiger partial charge >= 0.3 is 11.9 Å². The Morgan fingerprint density at radius 2 is 0.919 bits per heavy atom. The molecule has 0 spiro atoms. The minimum atomic E-state index is -4.66. The van der Waals surface area contributed by atoms with E-state index in [-0.39, 0.29) is 26.1 Å². The monoisotopic (exact) mass is 884 g/mol. The minimum Gasteiger partial charge on any atom is -0.756 e. The normalized spacial score (nSPS) is 14.5. The first kappa shape index (κ1) is 58.7. The molecule has 0 N–H and O–H groups in total. The molecule has 0 saturated heterocycles. The number of allylic oxidation sites excluding steroid dienone is 18. The maximum atomic E-state index is 12.7. The number of unbranched alkanes of at least 4 members (excludes halogenated alkanes) is 9. The largest absolute Gasteiger partial charge is 0.756 e. The maximum absolute atomic E-state index is 12.7. The Morgan fingerprint density at radius 1 is 0.516 bits per heavy atom. The molecule has 2 atom stereocenters. The van der Waals surface area contributed by atoms with Crippen LogP contribution in [0, 0.1) is 0 Å². The average molecular weight is 884 g/mol. The number of phosphoric ester groups is 1. The molecular weight excluding hydrogens is 798 g/mol. The summed E-state index contributed by atoms with van der Waals surface area (Å²) in [5.41, 5.74) is 0. The Hall–Kier alpha value is -3.33. The number of phosphoric acid groups is 1. The van der Waals surface area contributed by atoms with Crippen LogP contribution in [0.1, 0.15) is 155 Å². The van der Waals surface area contributed by atoms with Crippen LogP contribution in [-0.4, -0.2) is 70.0 Å². The Balaban J connectivity index is 4.52. The topological polar surface area (TPSA) is 111 Å². The van der Waals surface area contributed by atoms with Crippen molar-refractivity contribution in [2.24, 2.45) is 0 Å². The van der Waals surface area contributed by atoms with Gasteiger partial charge in [0.25, 0.3) is 7.82 Å². The molecular formula is C52H86NO8P. The highest BCUT2D eigenvalue weighted by atomic mass is 31.2. The highest BCUT2D eigenvalue weighted by Gasteiger charge is 2.21. The van der Waals surface area contributed by atoms with Crippen molar-refractivity contribution < 1.29 is 42.1 Å². The number of ether oxygens (including phenoxy) is 2. The minimum absolute atomic E-state index is 0.0564. The second kappa shape index (κ2) is 42.9. The molecule has 0 aliphatic carbocycles. The van der Waals surface area contributed by atoms with Crippen molar-refractivity contribution in [1.82, 2.24) is 0 Å². The van der Waals surface area contributed by atoms with Crippen LogP contribution in [0.15, 0.2) is 109 Å². The number of carbonyl (C=O) groups is 2. The molecule has 9 nitrogen and oxygen atoms in total. The van der Waals surface area contributed by atoms with E-state index >= 15 is 0 Å². The van der Waals surface area contributed by atoms with Crippen LogP contribution in [0.3, 0.4) is 0 Å². The highest BCUT2D eigenvalue weighted by molar-refractivity contribution is 7.45. The fraction of sp³-hybridized carbons (Fsp3) is 0.615. The van der Waals surface area contributed by atoms with Gasteiger partial charge in [-0.25, -0.2) is 0 Å². The zero-order valence-electron chi connectivity index (χ0n) is 39.5. The summed E-state index contributed by atoms with van der Waals surface area (Å²) in [6, 6.07) is 0. The third-order valence-corrected chi connectivity index (χ3v) is 10.2. The van der Waals surface area contributed by atoms with E-state index in [1.54, 1.807) is 0 Å². The standard InChI is InChI=1S/C52H86NO8P/c1-6-8-10-12-14-16-18-20-22-24-25-26-27-29-30-32-34-36-38-40-42-44-51(54)58-48-50(49-60-62(56,57)59-47-46-53(3,4)5)61-52(55)45-43-41-39-37-35-33-31-28-23-21-19-17-15-13-11-9-7-2/h9,11,15,17,21-24,26-27,30-33,36-39,50H,6-8,10,12-14,16,18-20,25,28-29,34-35,40-49H2,1-5H3/b11-9+,17-15+,23-21+,24-22+,27-26+,32-30+,33-31+,38-36+,39-37+/t50-/m1/s1. The summed E-state index contributed by atoms with van der Waals surface area (Å²) >= 11 is 0. The van der Waals surface area contributed by atoms with Gasteiger partial charge in [0.2, 0.25) is 0 Å². The van der Waals surface area contributed by atoms with Crippen molar-refractivity contribution in [1.29, 1.82) is 0 Å². The smallest absolute Gasteiger partial charge is 0.306 e. The number of quaternary nitrogens is 1. The van der Waals surface area contributed by atoms with E-state index in [1.807, 2.05) is 33.3 Å². The predicted molar refractivity (Wildman–Crippen MR) is 258 cm³/mol. The van der Waals surface area contributed by atoms with E-state index in [4.69, 9.17) is 18.5 Å². The van der Waals surface area contributed by atoms with Crippen LogP contribution in [0.2, 0.25) is 0 Å². The van der Waals surface area contributed by atoms with Crippen LogP contribution in [0.25, 0.3) is 0 Å². The molecule has 0 bridgehead atoms. The van der Waals surface area contributed by atoms with Gasteiger partial charge in [-0.3, -0.25) is 14.2 Å². The highest BCUT2D eigenvalue weighted by Crippen LogP contribution is 2.38. The first-order chi connectivity index (χ1) is 30.0. The zero-order chi connectivity index (χ0) is 45.7. The SMILES string of the molecule is CC/C=C/C/C=C/C/C=C/C/C=C/C/C=C/CCCC(=O)O[C@H](COC(=O)CCC/C=C/C/C=C/C/C=C/C/C=C/CCCCCCCCC)COP(=O)([O-])OCC[N+](C)(C)C. The molecule has 0 amide bonds. The number of nitrogens with zero attached hydrogens (tertiary/aromatic N) is 1. The average Bonchev–Trinajstić information content (AvgIpc) is 3.23. The quantitative estimate of drug-likeness (QED) is 0.0196. The summed E-state index contributed by atoms with van der Waals surface area (Å²) < 4.78 is 33.8. The summed E-state index contributed by atoms with van der Waals surface area (Å²) in [7, 11) is 1.08. The lowest BCUT2D eigenvalue weighted by Crippen LogP contribution is -2.37. The Bertz CT molecular complexity index is 1420. The van der Waals surface area contributed by atoms with Crippen molar-refractivity contribution in [3.05, 3.63) is 109 Å². The van der Waals surface area contributed by atoms with Crippen molar-refractivity contribution in [3.8, 4) is 0 Å². The van der Waals surface area contributed by atoms with Crippen molar-refractivity contribution >= 4 is 19.8 Å². The first-order valence-corrected chi connectivity index (χ1v) is 25.1. The molecule has 1 unspecified atom stereocenters. The second-order valence-corrected chi connectivity index (χ2v) is 17.8. The van der Waals surface area contributed by atoms with E-state index in [0.29, 0.717) is 30.3 Å². The summed E-state index contributed by atoms with van der Waals surface area (Å²) in [5.74, 6) is -0.980. The maximum Gasteiger partial charge on any atom is 0.306 e. The zero-order valence-corrected chi connectivity index (χ0v) is 40.4. The molecule has 0 aromatic rings. The van der Waals surface area contributed by atoms with Gasteiger partial charge in [-0.2, -0.15) is 0 Å². The van der Waals surface area contributed by atoms with Crippen LogP contribution in [0.5, 0.6) is 0 Å². The van der Waals surface area contributed by atoms with Gasteiger partial charge in [0, 0.05) is 12.8 Å². The molecule has 0 fully saturated rings. The molecule has 0 rings (SSSR count).